The largest absolute Gasteiger partial charge is 0.347 e. The molecule has 0 atom stereocenters. The van der Waals surface area contributed by atoms with Crippen LogP contribution in [0.3, 0.4) is 0 Å². The average molecular weight is 397 g/mol. The summed E-state index contributed by atoms with van der Waals surface area (Å²) in [7, 11) is 0. The highest BCUT2D eigenvalue weighted by Crippen LogP contribution is 2.17. The number of carbonyl (C=O) groups excluding carboxylic acids is 1. The van der Waals surface area contributed by atoms with Crippen molar-refractivity contribution >= 4 is 33.3 Å². The van der Waals surface area contributed by atoms with Gasteiger partial charge in [0.05, 0.1) is 12.4 Å². The van der Waals surface area contributed by atoms with Gasteiger partial charge in [-0.1, -0.05) is 45.8 Å². The molecule has 3 aromatic rings. The Labute approximate surface area is 154 Å². The molecule has 126 valence electrons. The molecule has 0 spiro atoms. The number of amides is 1. The van der Waals surface area contributed by atoms with Crippen molar-refractivity contribution in [3.05, 3.63) is 82.2 Å². The predicted molar refractivity (Wildman–Crippen MR) is 102 cm³/mol. The molecule has 6 heteroatoms. The van der Waals surface area contributed by atoms with E-state index in [0.29, 0.717) is 12.4 Å². The van der Waals surface area contributed by atoms with Crippen LogP contribution < -0.4 is 10.6 Å². The Bertz CT molecular complexity index is 863. The van der Waals surface area contributed by atoms with E-state index >= 15 is 0 Å². The van der Waals surface area contributed by atoms with Crippen molar-refractivity contribution in [3.8, 4) is 0 Å². The molecular formula is C19H17BrN4O. The summed E-state index contributed by atoms with van der Waals surface area (Å²) in [5, 5.41) is 5.99. The van der Waals surface area contributed by atoms with Gasteiger partial charge in [0.2, 0.25) is 0 Å². The Hall–Kier alpha value is -2.73. The molecule has 1 aromatic heterocycles. The highest BCUT2D eigenvalue weighted by atomic mass is 79.9. The highest BCUT2D eigenvalue weighted by Gasteiger charge is 2.08. The molecule has 25 heavy (non-hydrogen) atoms. The maximum atomic E-state index is 12.2. The molecule has 5 nitrogen and oxygen atoms in total. The minimum absolute atomic E-state index is 0.246. The van der Waals surface area contributed by atoms with Gasteiger partial charge >= 0.3 is 0 Å². The second-order valence-electron chi connectivity index (χ2n) is 5.59. The minimum Gasteiger partial charge on any atom is -0.347 e. The summed E-state index contributed by atoms with van der Waals surface area (Å²) in [6.45, 7) is 2.48. The third-order valence-corrected chi connectivity index (χ3v) is 4.07. The fourth-order valence-corrected chi connectivity index (χ4v) is 2.55. The van der Waals surface area contributed by atoms with Crippen LogP contribution in [0.5, 0.6) is 0 Å². The average Bonchev–Trinajstić information content (AvgIpc) is 2.62. The zero-order valence-corrected chi connectivity index (χ0v) is 15.2. The van der Waals surface area contributed by atoms with Crippen molar-refractivity contribution in [3.63, 3.8) is 0 Å². The van der Waals surface area contributed by atoms with Crippen molar-refractivity contribution in [2.75, 3.05) is 5.32 Å². The predicted octanol–water partition coefficient (Wildman–Crippen LogP) is 4.22. The topological polar surface area (TPSA) is 66.9 Å². The van der Waals surface area contributed by atoms with Crippen LogP contribution in [0.25, 0.3) is 0 Å². The maximum Gasteiger partial charge on any atom is 0.271 e. The van der Waals surface area contributed by atoms with Crippen LogP contribution >= 0.6 is 15.9 Å². The van der Waals surface area contributed by atoms with Gasteiger partial charge in [-0.25, -0.2) is 9.97 Å². The number of anilines is 2. The number of hydrogen-bond acceptors (Lipinski definition) is 4. The van der Waals surface area contributed by atoms with Crippen LogP contribution in [-0.4, -0.2) is 15.9 Å². The van der Waals surface area contributed by atoms with E-state index < -0.39 is 0 Å². The molecule has 0 aliphatic heterocycles. The molecule has 0 radical (unpaired) electrons. The molecule has 0 aliphatic rings. The maximum absolute atomic E-state index is 12.2. The summed E-state index contributed by atoms with van der Waals surface area (Å²) in [4.78, 5) is 20.6. The lowest BCUT2D eigenvalue weighted by atomic mass is 10.1. The number of nitrogens with one attached hydrogen (secondary N) is 2. The number of benzene rings is 2. The lowest BCUT2D eigenvalue weighted by molar-refractivity contribution is 0.0945. The van der Waals surface area contributed by atoms with E-state index in [0.717, 1.165) is 21.3 Å². The molecule has 0 bridgehead atoms. The van der Waals surface area contributed by atoms with Crippen LogP contribution in [0.15, 0.2) is 65.4 Å². The first kappa shape index (κ1) is 17.1. The Morgan fingerprint density at radius 3 is 2.56 bits per heavy atom. The minimum atomic E-state index is -0.246. The highest BCUT2D eigenvalue weighted by molar-refractivity contribution is 9.10. The molecule has 1 heterocycles. The first-order valence-electron chi connectivity index (χ1n) is 7.78. The molecule has 2 aromatic carbocycles. The van der Waals surface area contributed by atoms with Crippen molar-refractivity contribution in [1.29, 1.82) is 0 Å². The Morgan fingerprint density at radius 2 is 1.88 bits per heavy atom. The van der Waals surface area contributed by atoms with E-state index in [9.17, 15) is 4.79 Å². The molecule has 0 saturated carbocycles. The molecule has 0 unspecified atom stereocenters. The lowest BCUT2D eigenvalue weighted by Crippen LogP contribution is -2.24. The molecule has 0 aliphatic carbocycles. The number of hydrogen-bond donors (Lipinski definition) is 2. The summed E-state index contributed by atoms with van der Waals surface area (Å²) >= 11 is 3.39. The van der Waals surface area contributed by atoms with Gasteiger partial charge in [0, 0.05) is 16.7 Å². The smallest absolute Gasteiger partial charge is 0.271 e. The number of aryl methyl sites for hydroxylation is 1. The molecule has 0 saturated heterocycles. The number of rotatable bonds is 5. The third kappa shape index (κ3) is 4.87. The van der Waals surface area contributed by atoms with Crippen molar-refractivity contribution in [1.82, 2.24) is 15.3 Å². The Morgan fingerprint density at radius 1 is 1.08 bits per heavy atom. The summed E-state index contributed by atoms with van der Waals surface area (Å²) < 4.78 is 1.00. The van der Waals surface area contributed by atoms with Crippen molar-refractivity contribution < 1.29 is 4.79 Å². The normalized spacial score (nSPS) is 10.3. The van der Waals surface area contributed by atoms with Crippen LogP contribution in [-0.2, 0) is 6.54 Å². The summed E-state index contributed by atoms with van der Waals surface area (Å²) in [6, 6.07) is 15.7. The first-order valence-corrected chi connectivity index (χ1v) is 8.58. The Kier molecular flexibility index (Phi) is 5.40. The van der Waals surface area contributed by atoms with Crippen LogP contribution in [0.4, 0.5) is 11.5 Å². The van der Waals surface area contributed by atoms with Gasteiger partial charge in [-0.2, -0.15) is 0 Å². The quantitative estimate of drug-likeness (QED) is 0.677. The molecule has 1 amide bonds. The monoisotopic (exact) mass is 396 g/mol. The van der Waals surface area contributed by atoms with Gasteiger partial charge in [-0.3, -0.25) is 4.79 Å². The molecular weight excluding hydrogens is 380 g/mol. The fourth-order valence-electron chi connectivity index (χ4n) is 2.29. The second-order valence-corrected chi connectivity index (χ2v) is 6.51. The SMILES string of the molecule is Cc1cccc(CNC(=O)c2cnc(Nc3ccc(Br)cc3)cn2)c1. The second kappa shape index (κ2) is 7.90. The zero-order valence-electron chi connectivity index (χ0n) is 13.7. The van der Waals surface area contributed by atoms with Gasteiger partial charge in [0.25, 0.3) is 5.91 Å². The zero-order chi connectivity index (χ0) is 17.6. The Balaban J connectivity index is 1.59. The number of aromatic nitrogens is 2. The van der Waals surface area contributed by atoms with Crippen LogP contribution in [0.2, 0.25) is 0 Å². The van der Waals surface area contributed by atoms with Crippen molar-refractivity contribution in [2.24, 2.45) is 0 Å². The number of carbonyl (C=O) groups is 1. The summed E-state index contributed by atoms with van der Waals surface area (Å²) in [5.74, 6) is 0.335. The standard InChI is InChI=1S/C19H17BrN4O/c1-13-3-2-4-14(9-13)10-23-19(25)17-11-22-18(12-21-17)24-16-7-5-15(20)6-8-16/h2-9,11-12H,10H2,1H3,(H,22,24)(H,23,25). The van der Waals surface area contributed by atoms with E-state index in [1.54, 1.807) is 6.20 Å². The van der Waals surface area contributed by atoms with Gasteiger partial charge in [-0.15, -0.1) is 0 Å². The number of nitrogens with zero attached hydrogens (tertiary/aromatic N) is 2. The van der Waals surface area contributed by atoms with Crippen molar-refractivity contribution in [2.45, 2.75) is 13.5 Å². The van der Waals surface area contributed by atoms with Gasteiger partial charge in [-0.05, 0) is 36.8 Å². The number of halogens is 1. The fraction of sp³-hybridized carbons (Fsp3) is 0.105. The summed E-state index contributed by atoms with van der Waals surface area (Å²) in [6.07, 6.45) is 3.01. The van der Waals surface area contributed by atoms with E-state index in [-0.39, 0.29) is 11.6 Å². The van der Waals surface area contributed by atoms with E-state index in [2.05, 4.69) is 36.5 Å². The molecule has 0 fully saturated rings. The van der Waals surface area contributed by atoms with Crippen LogP contribution in [0, 0.1) is 6.92 Å². The van der Waals surface area contributed by atoms with E-state index in [1.807, 2.05) is 55.5 Å². The molecule has 3 rings (SSSR count). The van der Waals surface area contributed by atoms with Gasteiger partial charge in [0.1, 0.15) is 11.5 Å². The lowest BCUT2D eigenvalue weighted by Gasteiger charge is -2.07. The van der Waals surface area contributed by atoms with Crippen LogP contribution in [0.1, 0.15) is 21.6 Å². The summed E-state index contributed by atoms with van der Waals surface area (Å²) in [5.41, 5.74) is 3.40. The van der Waals surface area contributed by atoms with Gasteiger partial charge in [0.15, 0.2) is 0 Å². The first-order chi connectivity index (χ1) is 12.1. The van der Waals surface area contributed by atoms with E-state index in [4.69, 9.17) is 0 Å². The third-order valence-electron chi connectivity index (χ3n) is 3.54. The molecule has 2 N–H and O–H groups in total. The van der Waals surface area contributed by atoms with Gasteiger partial charge < -0.3 is 10.6 Å². The van der Waals surface area contributed by atoms with E-state index in [1.165, 1.54) is 6.20 Å².